The number of fused-ring (bicyclic) bond motifs is 1. The lowest BCUT2D eigenvalue weighted by Crippen LogP contribution is -2.09. The lowest BCUT2D eigenvalue weighted by Gasteiger charge is -2.10. The van der Waals surface area contributed by atoms with Crippen molar-refractivity contribution in [2.24, 2.45) is 5.92 Å². The molecule has 2 aromatic carbocycles. The Bertz CT molecular complexity index is 1050. The number of hydrogen-bond acceptors (Lipinski definition) is 3. The molecule has 2 heterocycles. The van der Waals surface area contributed by atoms with Gasteiger partial charge in [-0.05, 0) is 35.7 Å². The molecule has 0 fully saturated rings. The molecule has 136 valence electrons. The molecule has 4 rings (SSSR count). The van der Waals surface area contributed by atoms with E-state index >= 15 is 0 Å². The summed E-state index contributed by atoms with van der Waals surface area (Å²) in [6.45, 7) is 5.14. The van der Waals surface area contributed by atoms with Gasteiger partial charge in [0.05, 0.1) is 5.39 Å². The molecule has 0 aliphatic carbocycles. The maximum absolute atomic E-state index is 13.4. The fourth-order valence-corrected chi connectivity index (χ4v) is 3.13. The van der Waals surface area contributed by atoms with Gasteiger partial charge in [0.1, 0.15) is 18.0 Å². The predicted octanol–water partition coefficient (Wildman–Crippen LogP) is 5.29. The number of halogens is 1. The van der Waals surface area contributed by atoms with Crippen LogP contribution in [-0.2, 0) is 0 Å². The zero-order valence-corrected chi connectivity index (χ0v) is 15.4. The van der Waals surface area contributed by atoms with Gasteiger partial charge in [-0.25, -0.2) is 14.4 Å². The van der Waals surface area contributed by atoms with Gasteiger partial charge in [0, 0.05) is 24.0 Å². The van der Waals surface area contributed by atoms with Gasteiger partial charge in [0.25, 0.3) is 0 Å². The Kier molecular flexibility index (Phi) is 4.59. The van der Waals surface area contributed by atoms with Crippen LogP contribution in [0.15, 0.2) is 67.1 Å². The highest BCUT2D eigenvalue weighted by Gasteiger charge is 2.17. The zero-order chi connectivity index (χ0) is 18.8. The molecule has 0 spiro atoms. The number of hydrogen-bond donors (Lipinski definition) is 1. The van der Waals surface area contributed by atoms with Crippen LogP contribution in [0, 0.1) is 11.7 Å². The molecule has 0 unspecified atom stereocenters. The van der Waals surface area contributed by atoms with E-state index in [1.807, 2.05) is 29.0 Å². The average molecular weight is 360 g/mol. The number of nitrogens with zero attached hydrogens (tertiary/aromatic N) is 3. The molecule has 5 heteroatoms. The van der Waals surface area contributed by atoms with E-state index in [1.165, 1.54) is 12.1 Å². The highest BCUT2D eigenvalue weighted by atomic mass is 19.1. The van der Waals surface area contributed by atoms with Crippen LogP contribution >= 0.6 is 0 Å². The topological polar surface area (TPSA) is 42.7 Å². The van der Waals surface area contributed by atoms with Gasteiger partial charge in [0.15, 0.2) is 5.65 Å². The summed E-state index contributed by atoms with van der Waals surface area (Å²) in [4.78, 5) is 9.02. The van der Waals surface area contributed by atoms with E-state index in [-0.39, 0.29) is 5.82 Å². The summed E-state index contributed by atoms with van der Waals surface area (Å²) in [5, 5.41) is 4.41. The first-order valence-corrected chi connectivity index (χ1v) is 9.05. The third-order valence-electron chi connectivity index (χ3n) is 4.45. The van der Waals surface area contributed by atoms with Gasteiger partial charge in [0.2, 0.25) is 0 Å². The number of aromatic nitrogens is 3. The van der Waals surface area contributed by atoms with Gasteiger partial charge >= 0.3 is 0 Å². The fourth-order valence-electron chi connectivity index (χ4n) is 3.13. The Morgan fingerprint density at radius 2 is 1.74 bits per heavy atom. The molecule has 0 atom stereocenters. The van der Waals surface area contributed by atoms with Crippen molar-refractivity contribution in [3.8, 4) is 16.8 Å². The minimum atomic E-state index is -0.257. The molecule has 0 radical (unpaired) electrons. The number of nitrogens with one attached hydrogen (secondary N) is 1. The summed E-state index contributed by atoms with van der Waals surface area (Å²) in [5.41, 5.74) is 3.78. The molecule has 0 aliphatic rings. The van der Waals surface area contributed by atoms with E-state index in [9.17, 15) is 4.39 Å². The van der Waals surface area contributed by atoms with Crippen molar-refractivity contribution in [2.45, 2.75) is 13.8 Å². The molecule has 0 amide bonds. The largest absolute Gasteiger partial charge is 0.369 e. The van der Waals surface area contributed by atoms with Crippen LogP contribution in [0.4, 0.5) is 10.2 Å². The lowest BCUT2D eigenvalue weighted by molar-refractivity contribution is 0.627. The first-order valence-electron chi connectivity index (χ1n) is 9.05. The Balaban J connectivity index is 1.95. The molecule has 4 aromatic rings. The van der Waals surface area contributed by atoms with Crippen molar-refractivity contribution in [1.82, 2.24) is 14.5 Å². The van der Waals surface area contributed by atoms with Gasteiger partial charge < -0.3 is 9.88 Å². The van der Waals surface area contributed by atoms with E-state index in [0.29, 0.717) is 5.92 Å². The maximum Gasteiger partial charge on any atom is 0.150 e. The van der Waals surface area contributed by atoms with Gasteiger partial charge in [-0.2, -0.15) is 0 Å². The lowest BCUT2D eigenvalue weighted by atomic mass is 10.1. The highest BCUT2D eigenvalue weighted by Crippen LogP contribution is 2.35. The molecular weight excluding hydrogens is 339 g/mol. The van der Waals surface area contributed by atoms with Crippen molar-refractivity contribution in [2.75, 3.05) is 11.9 Å². The minimum absolute atomic E-state index is 0.257. The first kappa shape index (κ1) is 17.2. The standard InChI is InChI=1S/C22H21FN4/c1-15(2)12-24-21-20-19(16-6-4-3-5-7-16)13-27(22(20)26-14-25-21)18-10-8-17(23)9-11-18/h3-11,13-15H,12H2,1-2H3,(H,24,25,26). The number of rotatable bonds is 5. The summed E-state index contributed by atoms with van der Waals surface area (Å²) < 4.78 is 15.4. The number of benzene rings is 2. The predicted molar refractivity (Wildman–Crippen MR) is 108 cm³/mol. The summed E-state index contributed by atoms with van der Waals surface area (Å²) in [7, 11) is 0. The van der Waals surface area contributed by atoms with Crippen molar-refractivity contribution < 1.29 is 4.39 Å². The van der Waals surface area contributed by atoms with Gasteiger partial charge in [-0.15, -0.1) is 0 Å². The van der Waals surface area contributed by atoms with Crippen molar-refractivity contribution >= 4 is 16.9 Å². The SMILES string of the molecule is CC(C)CNc1ncnc2c1c(-c1ccccc1)cn2-c1ccc(F)cc1. The Morgan fingerprint density at radius 1 is 1.00 bits per heavy atom. The third-order valence-corrected chi connectivity index (χ3v) is 4.45. The molecule has 0 bridgehead atoms. The second-order valence-corrected chi connectivity index (χ2v) is 6.95. The maximum atomic E-state index is 13.4. The van der Waals surface area contributed by atoms with Crippen molar-refractivity contribution in [3.63, 3.8) is 0 Å². The number of anilines is 1. The Morgan fingerprint density at radius 3 is 2.44 bits per heavy atom. The Hall–Kier alpha value is -3.21. The summed E-state index contributed by atoms with van der Waals surface area (Å²) in [6, 6.07) is 16.6. The monoisotopic (exact) mass is 360 g/mol. The van der Waals surface area contributed by atoms with Crippen LogP contribution in [0.25, 0.3) is 27.8 Å². The van der Waals surface area contributed by atoms with E-state index in [4.69, 9.17) is 0 Å². The van der Waals surface area contributed by atoms with E-state index in [0.717, 1.165) is 40.2 Å². The molecular formula is C22H21FN4. The van der Waals surface area contributed by atoms with E-state index in [2.05, 4.69) is 41.3 Å². The molecule has 27 heavy (non-hydrogen) atoms. The Labute approximate surface area is 157 Å². The molecule has 4 nitrogen and oxygen atoms in total. The van der Waals surface area contributed by atoms with Crippen LogP contribution in [-0.4, -0.2) is 21.1 Å². The highest BCUT2D eigenvalue weighted by molar-refractivity contribution is 6.02. The second-order valence-electron chi connectivity index (χ2n) is 6.95. The zero-order valence-electron chi connectivity index (χ0n) is 15.4. The molecule has 0 aliphatic heterocycles. The van der Waals surface area contributed by atoms with Crippen molar-refractivity contribution in [1.29, 1.82) is 0 Å². The molecule has 0 saturated carbocycles. The van der Waals surface area contributed by atoms with E-state index in [1.54, 1.807) is 18.5 Å². The van der Waals surface area contributed by atoms with Crippen molar-refractivity contribution in [3.05, 3.63) is 72.9 Å². The van der Waals surface area contributed by atoms with Crippen LogP contribution in [0.1, 0.15) is 13.8 Å². The summed E-state index contributed by atoms with van der Waals surface area (Å²) in [5.74, 6) is 1.05. The molecule has 1 N–H and O–H groups in total. The third kappa shape index (κ3) is 3.40. The molecule has 2 aromatic heterocycles. The van der Waals surface area contributed by atoms with Crippen LogP contribution in [0.5, 0.6) is 0 Å². The van der Waals surface area contributed by atoms with Gasteiger partial charge in [-0.1, -0.05) is 44.2 Å². The summed E-state index contributed by atoms with van der Waals surface area (Å²) in [6.07, 6.45) is 3.61. The van der Waals surface area contributed by atoms with Crippen LogP contribution < -0.4 is 5.32 Å². The van der Waals surface area contributed by atoms with E-state index < -0.39 is 0 Å². The minimum Gasteiger partial charge on any atom is -0.369 e. The van der Waals surface area contributed by atoms with Crippen LogP contribution in [0.2, 0.25) is 0 Å². The average Bonchev–Trinajstić information content (AvgIpc) is 3.08. The summed E-state index contributed by atoms with van der Waals surface area (Å²) >= 11 is 0. The fraction of sp³-hybridized carbons (Fsp3) is 0.182. The molecule has 0 saturated heterocycles. The normalized spacial score (nSPS) is 11.3. The quantitative estimate of drug-likeness (QED) is 0.525. The smallest absolute Gasteiger partial charge is 0.150 e. The van der Waals surface area contributed by atoms with Gasteiger partial charge in [-0.3, -0.25) is 0 Å². The van der Waals surface area contributed by atoms with Crippen LogP contribution in [0.3, 0.4) is 0 Å². The first-order chi connectivity index (χ1) is 13.1. The second kappa shape index (κ2) is 7.19.